The lowest BCUT2D eigenvalue weighted by molar-refractivity contribution is -0.0767. The van der Waals surface area contributed by atoms with Gasteiger partial charge < -0.3 is 10.1 Å². The van der Waals surface area contributed by atoms with Gasteiger partial charge in [0.15, 0.2) is 0 Å². The van der Waals surface area contributed by atoms with Crippen LogP contribution in [0.3, 0.4) is 0 Å². The van der Waals surface area contributed by atoms with Crippen LogP contribution in [-0.4, -0.2) is 18.7 Å². The normalized spacial score (nSPS) is 18.5. The third-order valence-corrected chi connectivity index (χ3v) is 3.23. The lowest BCUT2D eigenvalue weighted by atomic mass is 9.99. The maximum absolute atomic E-state index is 5.89. The van der Waals surface area contributed by atoms with E-state index in [2.05, 4.69) is 50.4 Å². The molecule has 2 rings (SSSR count). The second-order valence-electron chi connectivity index (χ2n) is 5.24. The highest BCUT2D eigenvalue weighted by Crippen LogP contribution is 2.19. The number of hydrogen-bond acceptors (Lipinski definition) is 2. The molecule has 0 atom stereocenters. The first kappa shape index (κ1) is 11.6. The van der Waals surface area contributed by atoms with Crippen LogP contribution in [0, 0.1) is 0 Å². The Morgan fingerprint density at radius 3 is 2.31 bits per heavy atom. The van der Waals surface area contributed by atoms with Crippen molar-refractivity contribution in [1.29, 1.82) is 0 Å². The minimum atomic E-state index is 0.0523. The van der Waals surface area contributed by atoms with Gasteiger partial charge in [0, 0.05) is 13.1 Å². The Morgan fingerprint density at radius 2 is 1.88 bits per heavy atom. The van der Waals surface area contributed by atoms with Crippen molar-refractivity contribution in [2.75, 3.05) is 13.1 Å². The minimum Gasteiger partial charge on any atom is -0.368 e. The van der Waals surface area contributed by atoms with Gasteiger partial charge in [-0.1, -0.05) is 38.1 Å². The summed E-state index contributed by atoms with van der Waals surface area (Å²) in [5.74, 6) is 0.600. The largest absolute Gasteiger partial charge is 0.368 e. The van der Waals surface area contributed by atoms with E-state index in [0.717, 1.165) is 19.7 Å². The molecule has 0 radical (unpaired) electrons. The lowest BCUT2D eigenvalue weighted by Gasteiger charge is -2.39. The zero-order valence-electron chi connectivity index (χ0n) is 10.4. The van der Waals surface area contributed by atoms with Gasteiger partial charge in [-0.3, -0.25) is 0 Å². The van der Waals surface area contributed by atoms with E-state index in [1.807, 2.05) is 0 Å². The summed E-state index contributed by atoms with van der Waals surface area (Å²) < 4.78 is 5.89. The standard InChI is InChI=1S/C14H21NO/c1-11(2)13-6-4-12(5-7-13)8-16-14(3)9-15-10-14/h4-7,11,15H,8-10H2,1-3H3. The van der Waals surface area contributed by atoms with Crippen LogP contribution < -0.4 is 5.32 Å². The Hall–Kier alpha value is -0.860. The summed E-state index contributed by atoms with van der Waals surface area (Å²) >= 11 is 0. The summed E-state index contributed by atoms with van der Waals surface area (Å²) in [5, 5.41) is 3.24. The molecular weight excluding hydrogens is 198 g/mol. The number of ether oxygens (including phenoxy) is 1. The molecule has 16 heavy (non-hydrogen) atoms. The lowest BCUT2D eigenvalue weighted by Crippen LogP contribution is -2.58. The fraction of sp³-hybridized carbons (Fsp3) is 0.571. The topological polar surface area (TPSA) is 21.3 Å². The molecule has 1 aliphatic rings. The second kappa shape index (κ2) is 4.56. The Labute approximate surface area is 98.0 Å². The van der Waals surface area contributed by atoms with Gasteiger partial charge in [-0.15, -0.1) is 0 Å². The van der Waals surface area contributed by atoms with Crippen molar-refractivity contribution in [3.05, 3.63) is 35.4 Å². The van der Waals surface area contributed by atoms with Gasteiger partial charge in [0.05, 0.1) is 12.2 Å². The highest BCUT2D eigenvalue weighted by Gasteiger charge is 2.32. The summed E-state index contributed by atoms with van der Waals surface area (Å²) in [7, 11) is 0. The Morgan fingerprint density at radius 1 is 1.25 bits per heavy atom. The van der Waals surface area contributed by atoms with E-state index in [1.165, 1.54) is 11.1 Å². The van der Waals surface area contributed by atoms with Crippen molar-refractivity contribution in [2.45, 2.75) is 38.9 Å². The summed E-state index contributed by atoms with van der Waals surface area (Å²) in [5.41, 5.74) is 2.70. The molecule has 0 unspecified atom stereocenters. The molecule has 0 spiro atoms. The molecule has 2 heteroatoms. The van der Waals surface area contributed by atoms with E-state index in [4.69, 9.17) is 4.74 Å². The summed E-state index contributed by atoms with van der Waals surface area (Å²) in [6, 6.07) is 8.74. The van der Waals surface area contributed by atoms with Crippen LogP contribution in [0.25, 0.3) is 0 Å². The molecule has 1 heterocycles. The van der Waals surface area contributed by atoms with Crippen LogP contribution in [0.4, 0.5) is 0 Å². The zero-order valence-corrected chi connectivity index (χ0v) is 10.4. The average molecular weight is 219 g/mol. The van der Waals surface area contributed by atoms with E-state index in [0.29, 0.717) is 5.92 Å². The van der Waals surface area contributed by atoms with Crippen molar-refractivity contribution >= 4 is 0 Å². The van der Waals surface area contributed by atoms with Crippen molar-refractivity contribution < 1.29 is 4.74 Å². The molecule has 0 aromatic heterocycles. The third kappa shape index (κ3) is 2.63. The van der Waals surface area contributed by atoms with Gasteiger partial charge in [-0.25, -0.2) is 0 Å². The van der Waals surface area contributed by atoms with Crippen molar-refractivity contribution in [2.24, 2.45) is 0 Å². The van der Waals surface area contributed by atoms with E-state index >= 15 is 0 Å². The van der Waals surface area contributed by atoms with E-state index < -0.39 is 0 Å². The number of benzene rings is 1. The molecule has 0 amide bonds. The SMILES string of the molecule is CC(C)c1ccc(COC2(C)CNC2)cc1. The smallest absolute Gasteiger partial charge is 0.0906 e. The van der Waals surface area contributed by atoms with Crippen molar-refractivity contribution in [3.63, 3.8) is 0 Å². The van der Waals surface area contributed by atoms with E-state index in [-0.39, 0.29) is 5.60 Å². The predicted octanol–water partition coefficient (Wildman–Crippen LogP) is 2.69. The molecule has 88 valence electrons. The van der Waals surface area contributed by atoms with E-state index in [9.17, 15) is 0 Å². The number of hydrogen-bond donors (Lipinski definition) is 1. The molecule has 0 saturated carbocycles. The molecule has 1 aromatic rings. The first-order valence-corrected chi connectivity index (χ1v) is 6.03. The molecule has 1 N–H and O–H groups in total. The van der Waals surface area contributed by atoms with Crippen LogP contribution in [0.15, 0.2) is 24.3 Å². The number of nitrogens with one attached hydrogen (secondary N) is 1. The third-order valence-electron chi connectivity index (χ3n) is 3.23. The van der Waals surface area contributed by atoms with Crippen LogP contribution >= 0.6 is 0 Å². The fourth-order valence-corrected chi connectivity index (χ4v) is 1.84. The highest BCUT2D eigenvalue weighted by molar-refractivity contribution is 5.24. The monoisotopic (exact) mass is 219 g/mol. The van der Waals surface area contributed by atoms with Crippen LogP contribution in [-0.2, 0) is 11.3 Å². The molecule has 1 aliphatic heterocycles. The van der Waals surface area contributed by atoms with Gasteiger partial charge in [-0.2, -0.15) is 0 Å². The van der Waals surface area contributed by atoms with Gasteiger partial charge >= 0.3 is 0 Å². The minimum absolute atomic E-state index is 0.0523. The maximum Gasteiger partial charge on any atom is 0.0906 e. The summed E-state index contributed by atoms with van der Waals surface area (Å²) in [4.78, 5) is 0. The molecule has 0 bridgehead atoms. The molecule has 1 fully saturated rings. The van der Waals surface area contributed by atoms with Gasteiger partial charge in [0.1, 0.15) is 0 Å². The molecule has 0 aliphatic carbocycles. The van der Waals surface area contributed by atoms with Crippen LogP contribution in [0.5, 0.6) is 0 Å². The zero-order chi connectivity index (χ0) is 11.6. The van der Waals surface area contributed by atoms with Crippen molar-refractivity contribution in [3.8, 4) is 0 Å². The molecule has 1 aromatic carbocycles. The van der Waals surface area contributed by atoms with Gasteiger partial charge in [0.2, 0.25) is 0 Å². The molecule has 2 nitrogen and oxygen atoms in total. The van der Waals surface area contributed by atoms with Crippen molar-refractivity contribution in [1.82, 2.24) is 5.32 Å². The highest BCUT2D eigenvalue weighted by atomic mass is 16.5. The fourth-order valence-electron chi connectivity index (χ4n) is 1.84. The average Bonchev–Trinajstić information content (AvgIpc) is 2.24. The summed E-state index contributed by atoms with van der Waals surface area (Å²) in [6.07, 6.45) is 0. The predicted molar refractivity (Wildman–Crippen MR) is 66.6 cm³/mol. The Balaban J connectivity index is 1.90. The Bertz CT molecular complexity index is 338. The quantitative estimate of drug-likeness (QED) is 0.840. The van der Waals surface area contributed by atoms with Gasteiger partial charge in [-0.05, 0) is 24.0 Å². The maximum atomic E-state index is 5.89. The Kier molecular flexibility index (Phi) is 3.31. The van der Waals surface area contributed by atoms with E-state index in [1.54, 1.807) is 0 Å². The van der Waals surface area contributed by atoms with Crippen LogP contribution in [0.1, 0.15) is 37.8 Å². The number of rotatable bonds is 4. The first-order valence-electron chi connectivity index (χ1n) is 6.03. The van der Waals surface area contributed by atoms with Gasteiger partial charge in [0.25, 0.3) is 0 Å². The molecular formula is C14H21NO. The van der Waals surface area contributed by atoms with Crippen LogP contribution in [0.2, 0.25) is 0 Å². The first-order chi connectivity index (χ1) is 7.59. The summed E-state index contributed by atoms with van der Waals surface area (Å²) in [6.45, 7) is 9.25. The second-order valence-corrected chi connectivity index (χ2v) is 5.24. The molecule has 1 saturated heterocycles.